The fraction of sp³-hybridized carbons (Fsp3) is 0.833. The lowest BCUT2D eigenvalue weighted by Crippen LogP contribution is -2.51. The molecule has 0 radical (unpaired) electrons. The van der Waals surface area contributed by atoms with E-state index >= 15 is 0 Å². The van der Waals surface area contributed by atoms with Gasteiger partial charge < -0.3 is 16.0 Å². The van der Waals surface area contributed by atoms with Gasteiger partial charge in [-0.05, 0) is 33.1 Å². The van der Waals surface area contributed by atoms with E-state index in [1.165, 1.54) is 0 Å². The highest BCUT2D eigenvalue weighted by atomic mass is 16.2. The summed E-state index contributed by atoms with van der Waals surface area (Å²) in [6.07, 6.45) is 3.29. The maximum atomic E-state index is 12.0. The Labute approximate surface area is 103 Å². The van der Waals surface area contributed by atoms with Gasteiger partial charge in [-0.3, -0.25) is 9.59 Å². The summed E-state index contributed by atoms with van der Waals surface area (Å²) >= 11 is 0. The quantitative estimate of drug-likeness (QED) is 0.699. The fourth-order valence-electron chi connectivity index (χ4n) is 2.02. The molecule has 2 amide bonds. The van der Waals surface area contributed by atoms with Crippen molar-refractivity contribution in [2.75, 3.05) is 19.6 Å². The first-order valence-electron chi connectivity index (χ1n) is 6.34. The molecule has 3 N–H and O–H groups in total. The molecule has 0 aromatic rings. The molecule has 1 fully saturated rings. The monoisotopic (exact) mass is 241 g/mol. The van der Waals surface area contributed by atoms with Gasteiger partial charge in [-0.25, -0.2) is 0 Å². The first-order valence-corrected chi connectivity index (χ1v) is 6.34. The molecule has 0 aliphatic heterocycles. The number of hydrogen-bond donors (Lipinski definition) is 2. The van der Waals surface area contributed by atoms with Gasteiger partial charge in [0.1, 0.15) is 0 Å². The lowest BCUT2D eigenvalue weighted by molar-refractivity contribution is -0.137. The number of carbonyl (C=O) groups is 2. The van der Waals surface area contributed by atoms with Crippen molar-refractivity contribution in [1.29, 1.82) is 0 Å². The predicted octanol–water partition coefficient (Wildman–Crippen LogP) is 0.243. The van der Waals surface area contributed by atoms with Gasteiger partial charge in [-0.2, -0.15) is 0 Å². The molecule has 98 valence electrons. The minimum atomic E-state index is -0.314. The van der Waals surface area contributed by atoms with E-state index in [-0.39, 0.29) is 23.9 Å². The first-order chi connectivity index (χ1) is 8.00. The highest BCUT2D eigenvalue weighted by molar-refractivity contribution is 5.85. The molecular formula is C12H23N3O2. The molecule has 1 aliphatic rings. The van der Waals surface area contributed by atoms with Crippen molar-refractivity contribution in [3.8, 4) is 0 Å². The summed E-state index contributed by atoms with van der Waals surface area (Å²) in [5.74, 6) is -0.122. The summed E-state index contributed by atoms with van der Waals surface area (Å²) in [4.78, 5) is 25.0. The van der Waals surface area contributed by atoms with Crippen molar-refractivity contribution < 1.29 is 9.59 Å². The van der Waals surface area contributed by atoms with Crippen LogP contribution in [0, 0.1) is 0 Å². The average Bonchev–Trinajstić information content (AvgIpc) is 2.24. The van der Waals surface area contributed by atoms with Crippen LogP contribution in [0.2, 0.25) is 0 Å². The normalized spacial score (nSPS) is 17.1. The Hall–Kier alpha value is -1.10. The Morgan fingerprint density at radius 3 is 2.41 bits per heavy atom. The van der Waals surface area contributed by atoms with Crippen molar-refractivity contribution in [1.82, 2.24) is 10.2 Å². The molecule has 1 saturated carbocycles. The summed E-state index contributed by atoms with van der Waals surface area (Å²) in [5, 5.41) is 2.69. The van der Waals surface area contributed by atoms with Crippen LogP contribution in [0.25, 0.3) is 0 Å². The van der Waals surface area contributed by atoms with Gasteiger partial charge in [0.05, 0.1) is 6.54 Å². The standard InChI is InChI=1S/C12H23N3O2/c1-3-14-10(16)9-15(4-2)11(17)8-12(13)6-5-7-12/h3-9,13H2,1-2H3,(H,14,16). The van der Waals surface area contributed by atoms with E-state index in [1.807, 2.05) is 13.8 Å². The Balaban J connectivity index is 2.43. The van der Waals surface area contributed by atoms with Gasteiger partial charge in [0, 0.05) is 25.0 Å². The molecule has 0 heterocycles. The second-order valence-electron chi connectivity index (χ2n) is 4.75. The molecule has 0 bridgehead atoms. The zero-order valence-electron chi connectivity index (χ0n) is 10.8. The number of rotatable bonds is 6. The fourth-order valence-corrected chi connectivity index (χ4v) is 2.02. The molecule has 5 heteroatoms. The van der Waals surface area contributed by atoms with Crippen LogP contribution in [0.5, 0.6) is 0 Å². The molecule has 1 aliphatic carbocycles. The van der Waals surface area contributed by atoms with Crippen LogP contribution in [0.4, 0.5) is 0 Å². The SMILES string of the molecule is CCNC(=O)CN(CC)C(=O)CC1(N)CCC1. The van der Waals surface area contributed by atoms with E-state index in [0.29, 0.717) is 19.5 Å². The third-order valence-corrected chi connectivity index (χ3v) is 3.30. The summed E-state index contributed by atoms with van der Waals surface area (Å²) in [6, 6.07) is 0. The van der Waals surface area contributed by atoms with Crippen LogP contribution < -0.4 is 11.1 Å². The molecule has 0 spiro atoms. The molecule has 5 nitrogen and oxygen atoms in total. The topological polar surface area (TPSA) is 75.4 Å². The number of nitrogens with two attached hydrogens (primary N) is 1. The number of nitrogens with zero attached hydrogens (tertiary/aromatic N) is 1. The highest BCUT2D eigenvalue weighted by Crippen LogP contribution is 2.32. The van der Waals surface area contributed by atoms with Gasteiger partial charge in [0.2, 0.25) is 11.8 Å². The number of nitrogens with one attached hydrogen (secondary N) is 1. The van der Waals surface area contributed by atoms with Crippen molar-refractivity contribution in [2.45, 2.75) is 45.1 Å². The minimum absolute atomic E-state index is 0.0130. The Kier molecular flexibility index (Phi) is 4.93. The van der Waals surface area contributed by atoms with E-state index in [0.717, 1.165) is 19.3 Å². The van der Waals surface area contributed by atoms with Crippen molar-refractivity contribution in [2.24, 2.45) is 5.73 Å². The van der Waals surface area contributed by atoms with Crippen LogP contribution in [-0.2, 0) is 9.59 Å². The number of carbonyl (C=O) groups excluding carboxylic acids is 2. The lowest BCUT2D eigenvalue weighted by Gasteiger charge is -2.38. The first kappa shape index (κ1) is 14.0. The Bertz CT molecular complexity index is 287. The minimum Gasteiger partial charge on any atom is -0.355 e. The maximum absolute atomic E-state index is 12.0. The van der Waals surface area contributed by atoms with Crippen molar-refractivity contribution >= 4 is 11.8 Å². The summed E-state index contributed by atoms with van der Waals surface area (Å²) in [5.41, 5.74) is 5.72. The molecule has 1 rings (SSSR count). The van der Waals surface area contributed by atoms with Gasteiger partial charge in [-0.15, -0.1) is 0 Å². The van der Waals surface area contributed by atoms with Crippen molar-refractivity contribution in [3.63, 3.8) is 0 Å². The molecule has 0 saturated heterocycles. The maximum Gasteiger partial charge on any atom is 0.239 e. The van der Waals surface area contributed by atoms with Gasteiger partial charge >= 0.3 is 0 Å². The summed E-state index contributed by atoms with van der Waals surface area (Å²) in [7, 11) is 0. The highest BCUT2D eigenvalue weighted by Gasteiger charge is 2.35. The molecule has 17 heavy (non-hydrogen) atoms. The largest absolute Gasteiger partial charge is 0.355 e. The zero-order valence-corrected chi connectivity index (χ0v) is 10.8. The third kappa shape index (κ3) is 4.00. The second kappa shape index (κ2) is 6.00. The van der Waals surface area contributed by atoms with Gasteiger partial charge in [-0.1, -0.05) is 0 Å². The molecule has 0 unspecified atom stereocenters. The summed E-state index contributed by atoms with van der Waals surface area (Å²) < 4.78 is 0. The van der Waals surface area contributed by atoms with Crippen LogP contribution >= 0.6 is 0 Å². The molecular weight excluding hydrogens is 218 g/mol. The van der Waals surface area contributed by atoms with Gasteiger partial charge in [0.25, 0.3) is 0 Å². The van der Waals surface area contributed by atoms with Crippen molar-refractivity contribution in [3.05, 3.63) is 0 Å². The van der Waals surface area contributed by atoms with E-state index in [9.17, 15) is 9.59 Å². The van der Waals surface area contributed by atoms with Crippen LogP contribution in [0.3, 0.4) is 0 Å². The van der Waals surface area contributed by atoms with Gasteiger partial charge in [0.15, 0.2) is 0 Å². The number of hydrogen-bond acceptors (Lipinski definition) is 3. The number of amides is 2. The summed E-state index contributed by atoms with van der Waals surface area (Å²) in [6.45, 7) is 5.01. The number of likely N-dealkylation sites (N-methyl/N-ethyl adjacent to an activating group) is 2. The average molecular weight is 241 g/mol. The van der Waals surface area contributed by atoms with E-state index in [2.05, 4.69) is 5.32 Å². The van der Waals surface area contributed by atoms with Crippen LogP contribution in [0.15, 0.2) is 0 Å². The molecule has 0 atom stereocenters. The lowest BCUT2D eigenvalue weighted by atomic mass is 9.75. The van der Waals surface area contributed by atoms with Crippen LogP contribution in [-0.4, -0.2) is 41.9 Å². The molecule has 0 aromatic heterocycles. The predicted molar refractivity (Wildman–Crippen MR) is 66.3 cm³/mol. The van der Waals surface area contributed by atoms with Crippen LogP contribution in [0.1, 0.15) is 39.5 Å². The zero-order chi connectivity index (χ0) is 12.9. The molecule has 0 aromatic carbocycles. The smallest absolute Gasteiger partial charge is 0.239 e. The third-order valence-electron chi connectivity index (χ3n) is 3.30. The van der Waals surface area contributed by atoms with E-state index in [4.69, 9.17) is 5.73 Å². The van der Waals surface area contributed by atoms with E-state index < -0.39 is 0 Å². The second-order valence-corrected chi connectivity index (χ2v) is 4.75. The van der Waals surface area contributed by atoms with E-state index in [1.54, 1.807) is 4.90 Å². The Morgan fingerprint density at radius 2 is 2.00 bits per heavy atom. The Morgan fingerprint density at radius 1 is 1.35 bits per heavy atom.